The van der Waals surface area contributed by atoms with Gasteiger partial charge in [-0.1, -0.05) is 23.2 Å². The van der Waals surface area contributed by atoms with Gasteiger partial charge >= 0.3 is 0 Å². The van der Waals surface area contributed by atoms with Gasteiger partial charge in [-0.05, 0) is 43.3 Å². The second-order valence-electron chi connectivity index (χ2n) is 5.53. The van der Waals surface area contributed by atoms with E-state index in [1.165, 1.54) is 11.8 Å². The highest BCUT2D eigenvalue weighted by molar-refractivity contribution is 8.00. The second-order valence-corrected chi connectivity index (χ2v) is 7.79. The summed E-state index contributed by atoms with van der Waals surface area (Å²) in [6.45, 7) is 3.12. The van der Waals surface area contributed by atoms with Crippen LogP contribution in [-0.2, 0) is 4.79 Å². The third-order valence-corrected chi connectivity index (χ3v) is 5.23. The van der Waals surface area contributed by atoms with Gasteiger partial charge in [-0.3, -0.25) is 4.79 Å². The predicted molar refractivity (Wildman–Crippen MR) is 102 cm³/mol. The van der Waals surface area contributed by atoms with Crippen molar-refractivity contribution in [1.82, 2.24) is 0 Å². The van der Waals surface area contributed by atoms with E-state index in [2.05, 4.69) is 5.32 Å². The molecule has 2 aromatic carbocycles. The normalized spacial score (nSPS) is 14.5. The Morgan fingerprint density at radius 3 is 2.64 bits per heavy atom. The fraction of sp³-hybridized carbons (Fsp3) is 0.278. The van der Waals surface area contributed by atoms with Crippen molar-refractivity contribution in [3.63, 3.8) is 0 Å². The molecule has 0 radical (unpaired) electrons. The van der Waals surface area contributed by atoms with E-state index >= 15 is 0 Å². The van der Waals surface area contributed by atoms with Crippen molar-refractivity contribution in [1.29, 1.82) is 0 Å². The van der Waals surface area contributed by atoms with Crippen LogP contribution in [-0.4, -0.2) is 24.4 Å². The maximum Gasteiger partial charge on any atom is 0.237 e. The summed E-state index contributed by atoms with van der Waals surface area (Å²) >= 11 is 13.4. The third kappa shape index (κ3) is 4.75. The van der Waals surface area contributed by atoms with E-state index in [-0.39, 0.29) is 11.2 Å². The van der Waals surface area contributed by atoms with Crippen LogP contribution < -0.4 is 14.8 Å². The molecule has 4 nitrogen and oxygen atoms in total. The van der Waals surface area contributed by atoms with Crippen LogP contribution in [0.2, 0.25) is 10.0 Å². The van der Waals surface area contributed by atoms with Crippen LogP contribution >= 0.6 is 35.0 Å². The van der Waals surface area contributed by atoms with Crippen LogP contribution in [0.4, 0.5) is 5.69 Å². The Hall–Kier alpha value is -1.56. The molecular weight excluding hydrogens is 381 g/mol. The van der Waals surface area contributed by atoms with Gasteiger partial charge in [-0.25, -0.2) is 0 Å². The number of hydrogen-bond donors (Lipinski definition) is 1. The lowest BCUT2D eigenvalue weighted by Gasteiger charge is -2.14. The number of rotatable bonds is 4. The molecule has 25 heavy (non-hydrogen) atoms. The quantitative estimate of drug-likeness (QED) is 0.713. The Kier molecular flexibility index (Phi) is 5.99. The van der Waals surface area contributed by atoms with Gasteiger partial charge in [0.15, 0.2) is 11.5 Å². The summed E-state index contributed by atoms with van der Waals surface area (Å²) in [5.74, 6) is 1.32. The number of halogens is 2. The van der Waals surface area contributed by atoms with Gasteiger partial charge in [0, 0.05) is 16.3 Å². The fourth-order valence-electron chi connectivity index (χ4n) is 2.30. The van der Waals surface area contributed by atoms with Crippen molar-refractivity contribution < 1.29 is 14.3 Å². The first kappa shape index (κ1) is 18.2. The SMILES string of the molecule is CC(Sc1ccc2c(c1)OCCCO2)C(=O)Nc1ccc(Cl)cc1Cl. The van der Waals surface area contributed by atoms with Crippen LogP contribution in [0.25, 0.3) is 0 Å². The minimum absolute atomic E-state index is 0.138. The van der Waals surface area contributed by atoms with Gasteiger partial charge in [-0.15, -0.1) is 11.8 Å². The van der Waals surface area contributed by atoms with E-state index in [1.807, 2.05) is 25.1 Å². The highest BCUT2D eigenvalue weighted by Crippen LogP contribution is 2.35. The minimum atomic E-state index is -0.309. The fourth-order valence-corrected chi connectivity index (χ4v) is 3.65. The van der Waals surface area contributed by atoms with Crippen LogP contribution in [0.15, 0.2) is 41.3 Å². The predicted octanol–water partition coefficient (Wildman–Crippen LogP) is 5.27. The molecule has 0 aliphatic carbocycles. The summed E-state index contributed by atoms with van der Waals surface area (Å²) in [4.78, 5) is 13.4. The van der Waals surface area contributed by atoms with Gasteiger partial charge < -0.3 is 14.8 Å². The van der Waals surface area contributed by atoms with E-state index in [0.29, 0.717) is 28.9 Å². The van der Waals surface area contributed by atoms with Gasteiger partial charge in [0.2, 0.25) is 5.91 Å². The van der Waals surface area contributed by atoms with Crippen LogP contribution in [0.5, 0.6) is 11.5 Å². The molecule has 0 bridgehead atoms. The Bertz CT molecular complexity index is 785. The highest BCUT2D eigenvalue weighted by Gasteiger charge is 2.18. The number of nitrogens with one attached hydrogen (secondary N) is 1. The van der Waals surface area contributed by atoms with Crippen molar-refractivity contribution in [2.24, 2.45) is 0 Å². The molecule has 0 saturated carbocycles. The van der Waals surface area contributed by atoms with E-state index in [0.717, 1.165) is 22.8 Å². The Balaban J connectivity index is 1.66. The Labute approximate surface area is 160 Å². The molecule has 1 heterocycles. The minimum Gasteiger partial charge on any atom is -0.490 e. The molecular formula is C18H17Cl2NO3S. The summed E-state index contributed by atoms with van der Waals surface area (Å²) in [5, 5.41) is 3.45. The molecule has 1 atom stereocenters. The maximum absolute atomic E-state index is 12.4. The van der Waals surface area contributed by atoms with E-state index in [1.54, 1.807) is 18.2 Å². The largest absolute Gasteiger partial charge is 0.490 e. The molecule has 0 saturated heterocycles. The molecule has 1 amide bonds. The molecule has 1 unspecified atom stereocenters. The Morgan fingerprint density at radius 1 is 1.12 bits per heavy atom. The number of carbonyl (C=O) groups excluding carboxylic acids is 1. The number of amides is 1. The zero-order valence-electron chi connectivity index (χ0n) is 13.6. The van der Waals surface area contributed by atoms with Crippen molar-refractivity contribution in [3.05, 3.63) is 46.4 Å². The number of hydrogen-bond acceptors (Lipinski definition) is 4. The summed E-state index contributed by atoms with van der Waals surface area (Å²) in [6.07, 6.45) is 0.859. The van der Waals surface area contributed by atoms with Gasteiger partial charge in [-0.2, -0.15) is 0 Å². The van der Waals surface area contributed by atoms with Crippen LogP contribution in [0.1, 0.15) is 13.3 Å². The number of thioether (sulfide) groups is 1. The summed E-state index contributed by atoms with van der Waals surface area (Å²) in [7, 11) is 0. The molecule has 1 aliphatic rings. The number of anilines is 1. The molecule has 1 aliphatic heterocycles. The topological polar surface area (TPSA) is 47.6 Å². The molecule has 0 aromatic heterocycles. The van der Waals surface area contributed by atoms with E-state index < -0.39 is 0 Å². The van der Waals surface area contributed by atoms with Gasteiger partial charge in [0.05, 0.1) is 29.2 Å². The van der Waals surface area contributed by atoms with Crippen LogP contribution in [0, 0.1) is 0 Å². The standard InChI is InChI=1S/C18H17Cl2NO3S/c1-11(18(22)21-15-5-3-12(19)9-14(15)20)25-13-4-6-16-17(10-13)24-8-2-7-23-16/h3-6,9-11H,2,7-8H2,1H3,(H,21,22). The van der Waals surface area contributed by atoms with Gasteiger partial charge in [0.25, 0.3) is 0 Å². The smallest absolute Gasteiger partial charge is 0.237 e. The molecule has 0 fully saturated rings. The average molecular weight is 398 g/mol. The lowest BCUT2D eigenvalue weighted by molar-refractivity contribution is -0.115. The number of fused-ring (bicyclic) bond motifs is 1. The molecule has 0 spiro atoms. The monoisotopic (exact) mass is 397 g/mol. The lowest BCUT2D eigenvalue weighted by Crippen LogP contribution is -2.22. The molecule has 3 rings (SSSR count). The summed E-state index contributed by atoms with van der Waals surface area (Å²) in [5.41, 5.74) is 0.544. The average Bonchev–Trinajstić information content (AvgIpc) is 2.82. The molecule has 1 N–H and O–H groups in total. The third-order valence-electron chi connectivity index (χ3n) is 3.59. The molecule has 7 heteroatoms. The molecule has 2 aromatic rings. The first-order chi connectivity index (χ1) is 12.0. The van der Waals surface area contributed by atoms with Gasteiger partial charge in [0.1, 0.15) is 0 Å². The first-order valence-corrected chi connectivity index (χ1v) is 9.49. The summed E-state index contributed by atoms with van der Waals surface area (Å²) in [6, 6.07) is 10.7. The number of carbonyl (C=O) groups is 1. The molecule has 132 valence electrons. The maximum atomic E-state index is 12.4. The second kappa shape index (κ2) is 8.21. The highest BCUT2D eigenvalue weighted by atomic mass is 35.5. The van der Waals surface area contributed by atoms with E-state index in [4.69, 9.17) is 32.7 Å². The van der Waals surface area contributed by atoms with Crippen molar-refractivity contribution in [2.75, 3.05) is 18.5 Å². The first-order valence-electron chi connectivity index (χ1n) is 7.85. The van der Waals surface area contributed by atoms with Crippen LogP contribution in [0.3, 0.4) is 0 Å². The van der Waals surface area contributed by atoms with Crippen molar-refractivity contribution in [3.8, 4) is 11.5 Å². The van der Waals surface area contributed by atoms with Crippen molar-refractivity contribution >= 4 is 46.6 Å². The lowest BCUT2D eigenvalue weighted by atomic mass is 10.3. The zero-order chi connectivity index (χ0) is 17.8. The number of ether oxygens (including phenoxy) is 2. The van der Waals surface area contributed by atoms with E-state index in [9.17, 15) is 4.79 Å². The zero-order valence-corrected chi connectivity index (χ0v) is 15.9. The summed E-state index contributed by atoms with van der Waals surface area (Å²) < 4.78 is 11.3. The Morgan fingerprint density at radius 2 is 1.88 bits per heavy atom. The number of benzene rings is 2. The van der Waals surface area contributed by atoms with Crippen molar-refractivity contribution in [2.45, 2.75) is 23.5 Å².